The minimum atomic E-state index is -1.26. The largest absolute Gasteiger partial charge is 0.497 e. The molecule has 0 aliphatic carbocycles. The van der Waals surface area contributed by atoms with Crippen molar-refractivity contribution in [3.05, 3.63) is 71.8 Å². The Kier molecular flexibility index (Phi) is 13.8. The number of nitrogens with zero attached hydrogens (tertiary/aromatic N) is 1. The van der Waals surface area contributed by atoms with Crippen LogP contribution in [0, 0.1) is 5.92 Å². The van der Waals surface area contributed by atoms with Crippen molar-refractivity contribution in [2.75, 3.05) is 13.7 Å². The molecule has 0 radical (unpaired) electrons. The molecule has 1 unspecified atom stereocenters. The van der Waals surface area contributed by atoms with Crippen molar-refractivity contribution in [1.82, 2.24) is 4.90 Å². The fraction of sp³-hybridized carbons (Fsp3) is 0.433. The molecule has 0 heterocycles. The molecular formula is C30H41NO7. The second-order valence-electron chi connectivity index (χ2n) is 9.67. The maximum Gasteiger partial charge on any atom is 0.328 e. The van der Waals surface area contributed by atoms with Gasteiger partial charge in [-0.25, -0.2) is 9.59 Å². The molecule has 38 heavy (non-hydrogen) atoms. The van der Waals surface area contributed by atoms with Crippen molar-refractivity contribution in [2.24, 2.45) is 5.92 Å². The molecule has 208 valence electrons. The predicted molar refractivity (Wildman–Crippen MR) is 148 cm³/mol. The van der Waals surface area contributed by atoms with E-state index in [1.165, 1.54) is 5.56 Å². The zero-order valence-electron chi connectivity index (χ0n) is 23.4. The van der Waals surface area contributed by atoms with Crippen LogP contribution in [-0.4, -0.2) is 58.8 Å². The number of hydrogen-bond acceptors (Lipinski definition) is 6. The molecule has 0 saturated carbocycles. The fourth-order valence-electron chi connectivity index (χ4n) is 3.97. The van der Waals surface area contributed by atoms with Gasteiger partial charge in [-0.1, -0.05) is 44.2 Å². The molecule has 0 fully saturated rings. The van der Waals surface area contributed by atoms with Gasteiger partial charge in [-0.3, -0.25) is 9.69 Å². The first-order valence-electron chi connectivity index (χ1n) is 12.7. The van der Waals surface area contributed by atoms with Crippen LogP contribution in [0.4, 0.5) is 0 Å². The molecule has 0 spiro atoms. The minimum absolute atomic E-state index is 0.0938. The first-order chi connectivity index (χ1) is 17.9. The predicted octanol–water partition coefficient (Wildman–Crippen LogP) is 5.61. The highest BCUT2D eigenvalue weighted by Crippen LogP contribution is 2.37. The SMILES string of the molecule is COc1ccc(OC(=O)C(C)C)c(C(CCN(C(C)C)C(C)C)c2ccccc2)c1.O=C(O)C=CC(=O)O. The van der Waals surface area contributed by atoms with E-state index in [0.29, 0.717) is 30.0 Å². The van der Waals surface area contributed by atoms with E-state index in [4.69, 9.17) is 19.7 Å². The third kappa shape index (κ3) is 11.2. The standard InChI is InChI=1S/C26H37NO3.C4H4O4/c1-18(2)26(28)30-25-14-13-22(29-7)17-24(25)23(21-11-9-8-10-12-21)15-16-27(19(3)4)20(5)6;5-3(6)1-2-4(7)8/h8-14,17-20,23H,15-16H2,1-7H3;1-2H,(H,5,6)(H,7,8). The number of carbonyl (C=O) groups excluding carboxylic acids is 1. The Morgan fingerprint density at radius 1 is 0.868 bits per heavy atom. The lowest BCUT2D eigenvalue weighted by Crippen LogP contribution is -2.38. The summed E-state index contributed by atoms with van der Waals surface area (Å²) in [6, 6.07) is 17.1. The van der Waals surface area contributed by atoms with E-state index in [9.17, 15) is 14.4 Å². The third-order valence-corrected chi connectivity index (χ3v) is 5.85. The quantitative estimate of drug-likeness (QED) is 0.208. The van der Waals surface area contributed by atoms with E-state index in [2.05, 4.69) is 56.9 Å². The molecule has 0 bridgehead atoms. The average Bonchev–Trinajstić information content (AvgIpc) is 2.86. The van der Waals surface area contributed by atoms with Gasteiger partial charge in [0.1, 0.15) is 11.5 Å². The van der Waals surface area contributed by atoms with Crippen LogP contribution in [-0.2, 0) is 14.4 Å². The summed E-state index contributed by atoms with van der Waals surface area (Å²) in [5, 5.41) is 15.6. The number of esters is 1. The van der Waals surface area contributed by atoms with Gasteiger partial charge in [-0.15, -0.1) is 0 Å². The van der Waals surface area contributed by atoms with Crippen molar-refractivity contribution in [3.63, 3.8) is 0 Å². The highest BCUT2D eigenvalue weighted by Gasteiger charge is 2.24. The van der Waals surface area contributed by atoms with Gasteiger partial charge >= 0.3 is 17.9 Å². The number of benzene rings is 2. The highest BCUT2D eigenvalue weighted by molar-refractivity contribution is 5.89. The van der Waals surface area contributed by atoms with E-state index in [-0.39, 0.29) is 17.8 Å². The van der Waals surface area contributed by atoms with Crippen LogP contribution in [0.3, 0.4) is 0 Å². The lowest BCUT2D eigenvalue weighted by molar-refractivity contribution is -0.138. The molecule has 0 aromatic heterocycles. The van der Waals surface area contributed by atoms with Gasteiger partial charge in [-0.05, 0) is 64.4 Å². The number of hydrogen-bond donors (Lipinski definition) is 2. The summed E-state index contributed by atoms with van der Waals surface area (Å²) >= 11 is 0. The number of carboxylic acids is 2. The molecule has 0 saturated heterocycles. The Morgan fingerprint density at radius 3 is 1.87 bits per heavy atom. The topological polar surface area (TPSA) is 113 Å². The Labute approximate surface area is 225 Å². The van der Waals surface area contributed by atoms with Gasteiger partial charge in [0.05, 0.1) is 13.0 Å². The average molecular weight is 528 g/mol. The van der Waals surface area contributed by atoms with Gasteiger partial charge in [0, 0.05) is 35.7 Å². The van der Waals surface area contributed by atoms with Crippen LogP contribution in [0.2, 0.25) is 0 Å². The zero-order chi connectivity index (χ0) is 28.8. The van der Waals surface area contributed by atoms with Crippen molar-refractivity contribution < 1.29 is 34.1 Å². The monoisotopic (exact) mass is 527 g/mol. The minimum Gasteiger partial charge on any atom is -0.497 e. The van der Waals surface area contributed by atoms with Gasteiger partial charge in [0.2, 0.25) is 0 Å². The van der Waals surface area contributed by atoms with Crippen LogP contribution >= 0.6 is 0 Å². The van der Waals surface area contributed by atoms with Gasteiger partial charge < -0.3 is 19.7 Å². The van der Waals surface area contributed by atoms with Crippen molar-refractivity contribution in [2.45, 2.75) is 66.0 Å². The van der Waals surface area contributed by atoms with Crippen LogP contribution < -0.4 is 9.47 Å². The van der Waals surface area contributed by atoms with E-state index in [0.717, 1.165) is 24.3 Å². The first kappa shape index (κ1) is 32.4. The Morgan fingerprint density at radius 2 is 1.42 bits per heavy atom. The van der Waals surface area contributed by atoms with E-state index in [1.54, 1.807) is 7.11 Å². The molecule has 2 rings (SSSR count). The second kappa shape index (κ2) is 16.2. The molecule has 0 aliphatic heterocycles. The van der Waals surface area contributed by atoms with Crippen LogP contribution in [0.25, 0.3) is 0 Å². The van der Waals surface area contributed by atoms with Crippen molar-refractivity contribution in [3.8, 4) is 11.5 Å². The van der Waals surface area contributed by atoms with E-state index < -0.39 is 11.9 Å². The second-order valence-corrected chi connectivity index (χ2v) is 9.67. The summed E-state index contributed by atoms with van der Waals surface area (Å²) in [5.74, 6) is -1.45. The summed E-state index contributed by atoms with van der Waals surface area (Å²) in [4.78, 5) is 34.0. The number of rotatable bonds is 12. The Bertz CT molecular complexity index is 1040. The normalized spacial score (nSPS) is 12.0. The molecule has 1 atom stereocenters. The summed E-state index contributed by atoms with van der Waals surface area (Å²) in [7, 11) is 1.66. The molecule has 0 amide bonds. The van der Waals surface area contributed by atoms with E-state index in [1.807, 2.05) is 38.1 Å². The molecule has 2 aromatic carbocycles. The smallest absolute Gasteiger partial charge is 0.328 e. The van der Waals surface area contributed by atoms with Crippen LogP contribution in [0.5, 0.6) is 11.5 Å². The number of carboxylic acid groups (broad SMARTS) is 2. The summed E-state index contributed by atoms with van der Waals surface area (Å²) in [5.41, 5.74) is 2.20. The van der Waals surface area contributed by atoms with Gasteiger partial charge in [-0.2, -0.15) is 0 Å². The Hall–Kier alpha value is -3.65. The van der Waals surface area contributed by atoms with Crippen LogP contribution in [0.1, 0.15) is 65.0 Å². The van der Waals surface area contributed by atoms with Gasteiger partial charge in [0.25, 0.3) is 0 Å². The first-order valence-corrected chi connectivity index (χ1v) is 12.7. The molecule has 2 N–H and O–H groups in total. The van der Waals surface area contributed by atoms with Crippen LogP contribution in [0.15, 0.2) is 60.7 Å². The summed E-state index contributed by atoms with van der Waals surface area (Å²) in [6.07, 6.45) is 2.03. The number of ether oxygens (including phenoxy) is 2. The molecule has 8 heteroatoms. The summed E-state index contributed by atoms with van der Waals surface area (Å²) in [6.45, 7) is 13.6. The highest BCUT2D eigenvalue weighted by atomic mass is 16.5. The summed E-state index contributed by atoms with van der Waals surface area (Å²) < 4.78 is 11.3. The molecular weight excluding hydrogens is 486 g/mol. The van der Waals surface area contributed by atoms with Crippen molar-refractivity contribution >= 4 is 17.9 Å². The lowest BCUT2D eigenvalue weighted by Gasteiger charge is -2.32. The number of methoxy groups -OCH3 is 1. The fourth-order valence-corrected chi connectivity index (χ4v) is 3.97. The van der Waals surface area contributed by atoms with Gasteiger partial charge in [0.15, 0.2) is 0 Å². The number of carbonyl (C=O) groups is 3. The Balaban J connectivity index is 0.000000781. The van der Waals surface area contributed by atoms with Crippen molar-refractivity contribution in [1.29, 1.82) is 0 Å². The number of aliphatic carboxylic acids is 2. The maximum atomic E-state index is 12.4. The molecule has 2 aromatic rings. The third-order valence-electron chi connectivity index (χ3n) is 5.85. The zero-order valence-corrected chi connectivity index (χ0v) is 23.4. The molecule has 8 nitrogen and oxygen atoms in total. The maximum absolute atomic E-state index is 12.4. The van der Waals surface area contributed by atoms with E-state index >= 15 is 0 Å². The molecule has 0 aliphatic rings. The lowest BCUT2D eigenvalue weighted by atomic mass is 9.87.